The number of halogens is 1. The molecule has 6 nitrogen and oxygen atoms in total. The highest BCUT2D eigenvalue weighted by atomic mass is 35.5. The molecule has 0 saturated carbocycles. The fourth-order valence-electron chi connectivity index (χ4n) is 2.87. The summed E-state index contributed by atoms with van der Waals surface area (Å²) < 4.78 is 10.4. The van der Waals surface area contributed by atoms with Gasteiger partial charge in [-0.3, -0.25) is 4.99 Å². The molecule has 144 valence electrons. The molecular weight excluding hydrogens is 394 g/mol. The number of benzene rings is 2. The highest BCUT2D eigenvalue weighted by Crippen LogP contribution is 2.32. The summed E-state index contributed by atoms with van der Waals surface area (Å²) in [5.74, 6) is 2.18. The molecule has 1 aliphatic heterocycles. The third kappa shape index (κ3) is 4.26. The number of nitrogens with zero attached hydrogens (tertiary/aromatic N) is 3. The molecule has 0 aliphatic carbocycles. The fourth-order valence-corrected chi connectivity index (χ4v) is 3.62. The maximum absolute atomic E-state index is 6.05. The number of ether oxygens (including phenoxy) is 1. The normalized spacial score (nSPS) is 13.6. The number of guanidine groups is 1. The lowest BCUT2D eigenvalue weighted by molar-refractivity contribution is 0.475. The number of hydrogen-bond acceptors (Lipinski definition) is 7. The van der Waals surface area contributed by atoms with E-state index >= 15 is 0 Å². The van der Waals surface area contributed by atoms with Gasteiger partial charge in [0.2, 0.25) is 0 Å². The van der Waals surface area contributed by atoms with Gasteiger partial charge in [-0.15, -0.1) is 0 Å². The van der Waals surface area contributed by atoms with Crippen LogP contribution < -0.4 is 15.4 Å². The predicted molar refractivity (Wildman–Crippen MR) is 115 cm³/mol. The Kier molecular flexibility index (Phi) is 5.45. The molecule has 2 N–H and O–H groups in total. The summed E-state index contributed by atoms with van der Waals surface area (Å²) in [7, 11) is 0. The minimum atomic E-state index is 0.497. The zero-order valence-electron chi connectivity index (χ0n) is 15.6. The van der Waals surface area contributed by atoms with E-state index in [1.54, 1.807) is 0 Å². The van der Waals surface area contributed by atoms with E-state index in [1.807, 2.05) is 44.2 Å². The third-order valence-electron chi connectivity index (χ3n) is 4.36. The second-order valence-electron chi connectivity index (χ2n) is 6.56. The van der Waals surface area contributed by atoms with E-state index in [-0.39, 0.29) is 0 Å². The molecule has 2 aromatic carbocycles. The summed E-state index contributed by atoms with van der Waals surface area (Å²) in [5.41, 5.74) is 3.95. The van der Waals surface area contributed by atoms with E-state index in [2.05, 4.69) is 31.0 Å². The zero-order valence-corrected chi connectivity index (χ0v) is 17.2. The van der Waals surface area contributed by atoms with Crippen molar-refractivity contribution in [3.63, 3.8) is 0 Å². The maximum Gasteiger partial charge on any atom is 0.299 e. The number of anilines is 1. The van der Waals surface area contributed by atoms with Gasteiger partial charge in [-0.2, -0.15) is 9.36 Å². The Balaban J connectivity index is 1.52. The number of aromatic nitrogens is 2. The molecule has 0 unspecified atom stereocenters. The van der Waals surface area contributed by atoms with Crippen molar-refractivity contribution in [1.29, 1.82) is 0 Å². The molecule has 1 aromatic heterocycles. The van der Waals surface area contributed by atoms with Gasteiger partial charge in [0.15, 0.2) is 11.8 Å². The Hall–Kier alpha value is -2.64. The van der Waals surface area contributed by atoms with Crippen LogP contribution in [0.1, 0.15) is 17.5 Å². The number of aryl methyl sites for hydroxylation is 2. The summed E-state index contributed by atoms with van der Waals surface area (Å²) in [5, 5.41) is 7.78. The van der Waals surface area contributed by atoms with Gasteiger partial charge < -0.3 is 15.4 Å². The van der Waals surface area contributed by atoms with Crippen LogP contribution in [0, 0.1) is 13.8 Å². The van der Waals surface area contributed by atoms with Crippen LogP contribution >= 0.6 is 23.1 Å². The van der Waals surface area contributed by atoms with Gasteiger partial charge in [0.05, 0.1) is 0 Å². The van der Waals surface area contributed by atoms with Crippen LogP contribution in [-0.4, -0.2) is 28.4 Å². The standard InChI is InChI=1S/C20H20ClN5OS/c1-12-10-17(13(2)9-16(12)24-19-22-7-4-8-23-19)27-20-25-18(26-28-20)14-5-3-6-15(21)11-14/h3,5-6,9-11H,4,7-8H2,1-2H3,(H2,22,23,24). The molecule has 28 heavy (non-hydrogen) atoms. The molecule has 0 bridgehead atoms. The van der Waals surface area contributed by atoms with Gasteiger partial charge in [-0.05, 0) is 55.7 Å². The van der Waals surface area contributed by atoms with Gasteiger partial charge in [-0.1, -0.05) is 23.7 Å². The molecule has 2 heterocycles. The molecule has 0 radical (unpaired) electrons. The molecule has 0 fully saturated rings. The Labute approximate surface area is 172 Å². The second-order valence-corrected chi connectivity index (χ2v) is 7.72. The van der Waals surface area contributed by atoms with E-state index in [1.165, 1.54) is 11.5 Å². The van der Waals surface area contributed by atoms with Gasteiger partial charge in [0, 0.05) is 40.9 Å². The van der Waals surface area contributed by atoms with Crippen molar-refractivity contribution in [1.82, 2.24) is 14.7 Å². The van der Waals surface area contributed by atoms with Gasteiger partial charge >= 0.3 is 0 Å². The Morgan fingerprint density at radius 3 is 2.86 bits per heavy atom. The number of rotatable bonds is 4. The average molecular weight is 414 g/mol. The molecule has 4 rings (SSSR count). The van der Waals surface area contributed by atoms with Crippen LogP contribution in [0.2, 0.25) is 5.02 Å². The lowest BCUT2D eigenvalue weighted by Gasteiger charge is -2.18. The quantitative estimate of drug-likeness (QED) is 0.627. The Bertz CT molecular complexity index is 1030. The molecular formula is C20H20ClN5OS. The van der Waals surface area contributed by atoms with Crippen molar-refractivity contribution < 1.29 is 4.74 Å². The van der Waals surface area contributed by atoms with Crippen LogP contribution in [0.25, 0.3) is 11.4 Å². The second kappa shape index (κ2) is 8.16. The van der Waals surface area contributed by atoms with Crippen LogP contribution in [0.5, 0.6) is 10.9 Å². The first-order valence-corrected chi connectivity index (χ1v) is 10.2. The van der Waals surface area contributed by atoms with E-state index < -0.39 is 0 Å². The lowest BCUT2D eigenvalue weighted by atomic mass is 10.1. The first kappa shape index (κ1) is 18.7. The van der Waals surface area contributed by atoms with E-state index in [0.29, 0.717) is 16.0 Å². The molecule has 0 atom stereocenters. The lowest BCUT2D eigenvalue weighted by Crippen LogP contribution is -2.35. The van der Waals surface area contributed by atoms with Crippen molar-refractivity contribution in [2.24, 2.45) is 4.99 Å². The minimum absolute atomic E-state index is 0.497. The fraction of sp³-hybridized carbons (Fsp3) is 0.250. The average Bonchev–Trinajstić information content (AvgIpc) is 3.15. The van der Waals surface area contributed by atoms with Crippen LogP contribution in [-0.2, 0) is 0 Å². The topological polar surface area (TPSA) is 71.4 Å². The molecule has 0 spiro atoms. The van der Waals surface area contributed by atoms with Crippen molar-refractivity contribution in [3.8, 4) is 22.3 Å². The minimum Gasteiger partial charge on any atom is -0.430 e. The Morgan fingerprint density at radius 2 is 2.07 bits per heavy atom. The van der Waals surface area contributed by atoms with Gasteiger partial charge in [0.25, 0.3) is 5.19 Å². The van der Waals surface area contributed by atoms with Crippen molar-refractivity contribution in [2.45, 2.75) is 20.3 Å². The highest BCUT2D eigenvalue weighted by Gasteiger charge is 2.13. The van der Waals surface area contributed by atoms with Crippen molar-refractivity contribution in [3.05, 3.63) is 52.5 Å². The summed E-state index contributed by atoms with van der Waals surface area (Å²) in [4.78, 5) is 8.95. The van der Waals surface area contributed by atoms with Gasteiger partial charge in [0.1, 0.15) is 5.75 Å². The summed E-state index contributed by atoms with van der Waals surface area (Å²) in [6, 6.07) is 11.5. The largest absolute Gasteiger partial charge is 0.430 e. The molecule has 0 saturated heterocycles. The zero-order chi connectivity index (χ0) is 19.5. The highest BCUT2D eigenvalue weighted by molar-refractivity contribution is 7.07. The molecule has 3 aromatic rings. The number of hydrogen-bond donors (Lipinski definition) is 2. The maximum atomic E-state index is 6.05. The van der Waals surface area contributed by atoms with Crippen LogP contribution in [0.3, 0.4) is 0 Å². The number of aliphatic imine (C=N–C) groups is 1. The van der Waals surface area contributed by atoms with E-state index in [0.717, 1.165) is 53.6 Å². The first-order valence-electron chi connectivity index (χ1n) is 9.02. The van der Waals surface area contributed by atoms with E-state index in [4.69, 9.17) is 16.3 Å². The van der Waals surface area contributed by atoms with Gasteiger partial charge in [-0.25, -0.2) is 0 Å². The third-order valence-corrected chi connectivity index (χ3v) is 5.19. The van der Waals surface area contributed by atoms with E-state index in [9.17, 15) is 0 Å². The summed E-state index contributed by atoms with van der Waals surface area (Å²) in [6.45, 7) is 5.84. The smallest absolute Gasteiger partial charge is 0.299 e. The van der Waals surface area contributed by atoms with Crippen molar-refractivity contribution in [2.75, 3.05) is 18.4 Å². The monoisotopic (exact) mass is 413 g/mol. The summed E-state index contributed by atoms with van der Waals surface area (Å²) in [6.07, 6.45) is 1.06. The summed E-state index contributed by atoms with van der Waals surface area (Å²) >= 11 is 7.27. The number of nitrogens with one attached hydrogen (secondary N) is 2. The Morgan fingerprint density at radius 1 is 1.18 bits per heavy atom. The molecule has 0 amide bonds. The first-order chi connectivity index (χ1) is 13.6. The van der Waals surface area contributed by atoms with Crippen LogP contribution in [0.15, 0.2) is 41.4 Å². The van der Waals surface area contributed by atoms with Crippen molar-refractivity contribution >= 4 is 34.8 Å². The molecule has 8 heteroatoms. The van der Waals surface area contributed by atoms with Crippen LogP contribution in [0.4, 0.5) is 5.69 Å². The molecule has 1 aliphatic rings. The predicted octanol–water partition coefficient (Wildman–Crippen LogP) is 5.03. The SMILES string of the molecule is Cc1cc(Oc2nc(-c3cccc(Cl)c3)ns2)c(C)cc1NC1=NCCCN1.